The predicted molar refractivity (Wildman–Crippen MR) is 104 cm³/mol. The molecule has 0 radical (unpaired) electrons. The third-order valence-corrected chi connectivity index (χ3v) is 4.90. The van der Waals surface area contributed by atoms with Crippen molar-refractivity contribution >= 4 is 30.9 Å². The van der Waals surface area contributed by atoms with Crippen molar-refractivity contribution in [1.82, 2.24) is 19.8 Å². The van der Waals surface area contributed by atoms with E-state index in [-0.39, 0.29) is 36.5 Å². The van der Waals surface area contributed by atoms with Gasteiger partial charge in [0.25, 0.3) is 0 Å². The molecule has 0 unspecified atom stereocenters. The van der Waals surface area contributed by atoms with E-state index in [0.29, 0.717) is 13.1 Å². The fourth-order valence-corrected chi connectivity index (χ4v) is 3.56. The Labute approximate surface area is 165 Å². The van der Waals surface area contributed by atoms with Crippen molar-refractivity contribution in [2.75, 3.05) is 19.6 Å². The van der Waals surface area contributed by atoms with Gasteiger partial charge in [-0.25, -0.2) is 9.78 Å². The van der Waals surface area contributed by atoms with Crippen molar-refractivity contribution < 1.29 is 9.53 Å². The third-order valence-electron chi connectivity index (χ3n) is 4.90. The summed E-state index contributed by atoms with van der Waals surface area (Å²) in [5.41, 5.74) is 1.95. The largest absolute Gasteiger partial charge is 0.441 e. The topological polar surface area (TPSA) is 59.4 Å². The number of ether oxygens (including phenoxy) is 1. The first kappa shape index (κ1) is 20.6. The van der Waals surface area contributed by atoms with Crippen LogP contribution in [0.5, 0.6) is 0 Å². The number of amides is 1. The third kappa shape index (κ3) is 4.31. The standard InChI is InChI=1S/C18H22N4O2.2ClH/c23-17-21(13-18(24-17)6-8-19-9-7-18)12-16-10-20-14-22(16)11-15-4-2-1-3-5-15;;/h1-5,10,14,19H,6-9,11-13H2;2*1H. The van der Waals surface area contributed by atoms with Crippen LogP contribution in [0.4, 0.5) is 4.79 Å². The Morgan fingerprint density at radius 2 is 1.85 bits per heavy atom. The second-order valence-corrected chi connectivity index (χ2v) is 6.66. The lowest BCUT2D eigenvalue weighted by Crippen LogP contribution is -2.44. The average Bonchev–Trinajstić information content (AvgIpc) is 3.14. The van der Waals surface area contributed by atoms with Crippen LogP contribution in [-0.4, -0.2) is 45.8 Å². The van der Waals surface area contributed by atoms with E-state index in [2.05, 4.69) is 27.0 Å². The number of carbonyl (C=O) groups is 1. The molecule has 0 aliphatic carbocycles. The van der Waals surface area contributed by atoms with Gasteiger partial charge in [-0.2, -0.15) is 0 Å². The monoisotopic (exact) mass is 398 g/mol. The molecule has 3 heterocycles. The van der Waals surface area contributed by atoms with Gasteiger partial charge in [0.1, 0.15) is 5.60 Å². The van der Waals surface area contributed by atoms with Gasteiger partial charge < -0.3 is 14.6 Å². The highest BCUT2D eigenvalue weighted by atomic mass is 35.5. The summed E-state index contributed by atoms with van der Waals surface area (Å²) >= 11 is 0. The molecule has 1 aromatic heterocycles. The molecule has 2 aromatic rings. The van der Waals surface area contributed by atoms with Crippen molar-refractivity contribution in [3.63, 3.8) is 0 Å². The van der Waals surface area contributed by atoms with E-state index in [9.17, 15) is 4.79 Å². The van der Waals surface area contributed by atoms with Crippen LogP contribution in [0.25, 0.3) is 0 Å². The maximum Gasteiger partial charge on any atom is 0.410 e. The quantitative estimate of drug-likeness (QED) is 0.859. The molecule has 142 valence electrons. The highest BCUT2D eigenvalue weighted by Crippen LogP contribution is 2.31. The minimum Gasteiger partial charge on any atom is -0.441 e. The van der Waals surface area contributed by atoms with Crippen LogP contribution in [0, 0.1) is 0 Å². The van der Waals surface area contributed by atoms with Gasteiger partial charge in [0.15, 0.2) is 0 Å². The smallest absolute Gasteiger partial charge is 0.410 e. The van der Waals surface area contributed by atoms with Crippen LogP contribution in [0.2, 0.25) is 0 Å². The molecular formula is C18H24Cl2N4O2. The maximum atomic E-state index is 12.3. The molecular weight excluding hydrogens is 375 g/mol. The van der Waals surface area contributed by atoms with E-state index >= 15 is 0 Å². The van der Waals surface area contributed by atoms with Crippen LogP contribution in [0.15, 0.2) is 42.9 Å². The average molecular weight is 399 g/mol. The molecule has 1 spiro atoms. The van der Waals surface area contributed by atoms with Crippen molar-refractivity contribution in [2.45, 2.75) is 31.5 Å². The molecule has 1 N–H and O–H groups in total. The molecule has 2 saturated heterocycles. The molecule has 2 aliphatic heterocycles. The molecule has 0 atom stereocenters. The number of piperidine rings is 1. The number of benzene rings is 1. The predicted octanol–water partition coefficient (Wildman–Crippen LogP) is 2.85. The van der Waals surface area contributed by atoms with E-state index in [1.807, 2.05) is 35.6 Å². The molecule has 0 bridgehead atoms. The lowest BCUT2D eigenvalue weighted by molar-refractivity contribution is 0.0316. The molecule has 1 aromatic carbocycles. The van der Waals surface area contributed by atoms with Gasteiger partial charge in [-0.05, 0) is 18.7 Å². The summed E-state index contributed by atoms with van der Waals surface area (Å²) in [5.74, 6) is 0. The SMILES string of the molecule is Cl.Cl.O=C1OC2(CCNCC2)CN1Cc1cncn1Cc1ccccc1. The number of aromatic nitrogens is 2. The Morgan fingerprint density at radius 1 is 1.12 bits per heavy atom. The molecule has 0 saturated carbocycles. The number of hydrogen-bond acceptors (Lipinski definition) is 4. The highest BCUT2D eigenvalue weighted by Gasteiger charge is 2.45. The summed E-state index contributed by atoms with van der Waals surface area (Å²) in [6, 6.07) is 10.3. The fraction of sp³-hybridized carbons (Fsp3) is 0.444. The van der Waals surface area contributed by atoms with E-state index in [0.717, 1.165) is 38.2 Å². The molecule has 4 rings (SSSR count). The Bertz CT molecular complexity index is 717. The van der Waals surface area contributed by atoms with Crippen LogP contribution >= 0.6 is 24.8 Å². The Morgan fingerprint density at radius 3 is 2.58 bits per heavy atom. The zero-order chi connectivity index (χ0) is 16.4. The lowest BCUT2D eigenvalue weighted by atomic mass is 9.92. The van der Waals surface area contributed by atoms with Crippen LogP contribution in [0.3, 0.4) is 0 Å². The van der Waals surface area contributed by atoms with Gasteiger partial charge in [-0.15, -0.1) is 24.8 Å². The summed E-state index contributed by atoms with van der Waals surface area (Å²) in [5, 5.41) is 3.32. The second-order valence-electron chi connectivity index (χ2n) is 6.66. The van der Waals surface area contributed by atoms with Gasteiger partial charge in [0.2, 0.25) is 0 Å². The van der Waals surface area contributed by atoms with Crippen LogP contribution in [0.1, 0.15) is 24.1 Å². The van der Waals surface area contributed by atoms with Crippen molar-refractivity contribution in [1.29, 1.82) is 0 Å². The second kappa shape index (κ2) is 8.75. The molecule has 2 aliphatic rings. The lowest BCUT2D eigenvalue weighted by Gasteiger charge is -2.31. The van der Waals surface area contributed by atoms with Crippen molar-refractivity contribution in [3.05, 3.63) is 54.1 Å². The zero-order valence-corrected chi connectivity index (χ0v) is 16.1. The van der Waals surface area contributed by atoms with E-state index in [1.165, 1.54) is 5.56 Å². The number of rotatable bonds is 4. The molecule has 8 heteroatoms. The van der Waals surface area contributed by atoms with Gasteiger partial charge in [-0.1, -0.05) is 30.3 Å². The Kier molecular flexibility index (Phi) is 6.92. The minimum atomic E-state index is -0.299. The summed E-state index contributed by atoms with van der Waals surface area (Å²) < 4.78 is 7.82. The number of imidazole rings is 1. The van der Waals surface area contributed by atoms with Gasteiger partial charge in [-0.3, -0.25) is 4.90 Å². The number of halogens is 2. The fourth-order valence-electron chi connectivity index (χ4n) is 3.56. The van der Waals surface area contributed by atoms with Crippen LogP contribution < -0.4 is 5.32 Å². The number of hydrogen-bond donors (Lipinski definition) is 1. The minimum absolute atomic E-state index is 0. The molecule has 26 heavy (non-hydrogen) atoms. The molecule has 1 amide bonds. The van der Waals surface area contributed by atoms with E-state index in [1.54, 1.807) is 0 Å². The summed E-state index contributed by atoms with van der Waals surface area (Å²) in [6.07, 6.45) is 5.23. The van der Waals surface area contributed by atoms with Gasteiger partial charge >= 0.3 is 6.09 Å². The summed E-state index contributed by atoms with van der Waals surface area (Å²) in [4.78, 5) is 18.4. The normalized spacial score (nSPS) is 18.2. The van der Waals surface area contributed by atoms with Gasteiger partial charge in [0, 0.05) is 25.6 Å². The first-order chi connectivity index (χ1) is 11.7. The molecule has 2 fully saturated rings. The Balaban J connectivity index is 0.00000121. The maximum absolute atomic E-state index is 12.3. The van der Waals surface area contributed by atoms with Crippen molar-refractivity contribution in [2.24, 2.45) is 0 Å². The van der Waals surface area contributed by atoms with E-state index in [4.69, 9.17) is 4.74 Å². The van der Waals surface area contributed by atoms with E-state index < -0.39 is 0 Å². The number of nitrogens with one attached hydrogen (secondary N) is 1. The first-order valence-corrected chi connectivity index (χ1v) is 8.46. The van der Waals surface area contributed by atoms with Gasteiger partial charge in [0.05, 0.1) is 25.1 Å². The Hall–Kier alpha value is -1.76. The van der Waals surface area contributed by atoms with Crippen LogP contribution in [-0.2, 0) is 17.8 Å². The highest BCUT2D eigenvalue weighted by molar-refractivity contribution is 5.85. The first-order valence-electron chi connectivity index (χ1n) is 8.46. The number of nitrogens with zero attached hydrogens (tertiary/aromatic N) is 3. The zero-order valence-electron chi connectivity index (χ0n) is 14.5. The summed E-state index contributed by atoms with van der Waals surface area (Å²) in [6.45, 7) is 3.79. The summed E-state index contributed by atoms with van der Waals surface area (Å²) in [7, 11) is 0. The molecule has 6 nitrogen and oxygen atoms in total. The number of carbonyl (C=O) groups excluding carboxylic acids is 1. The van der Waals surface area contributed by atoms with Crippen molar-refractivity contribution in [3.8, 4) is 0 Å².